The minimum Gasteiger partial charge on any atom is -0.390 e. The van der Waals surface area contributed by atoms with Crippen molar-refractivity contribution in [2.24, 2.45) is 5.41 Å². The molecule has 2 bridgehead atoms. The van der Waals surface area contributed by atoms with E-state index >= 15 is 0 Å². The lowest BCUT2D eigenvalue weighted by molar-refractivity contribution is 0.219. The van der Waals surface area contributed by atoms with Crippen molar-refractivity contribution in [3.63, 3.8) is 0 Å². The smallest absolute Gasteiger partial charge is 0.0921 e. The molecule has 1 saturated carbocycles. The number of hydrogen-bond donors (Lipinski definition) is 1. The zero-order valence-corrected chi connectivity index (χ0v) is 12.9. The van der Waals surface area contributed by atoms with Crippen LogP contribution in [0.15, 0.2) is 30.3 Å². The molecule has 110 valence electrons. The predicted octanol–water partition coefficient (Wildman–Crippen LogP) is 3.54. The Balaban J connectivity index is 2.02. The average molecular weight is 282 g/mol. The van der Waals surface area contributed by atoms with E-state index in [0.29, 0.717) is 5.92 Å². The van der Waals surface area contributed by atoms with Gasteiger partial charge in [0.25, 0.3) is 0 Å². The second-order valence-corrected chi connectivity index (χ2v) is 7.26. The molecule has 4 rings (SSSR count). The van der Waals surface area contributed by atoms with Gasteiger partial charge in [0, 0.05) is 11.0 Å². The van der Waals surface area contributed by atoms with E-state index in [9.17, 15) is 5.11 Å². The third-order valence-corrected chi connectivity index (χ3v) is 6.25. The van der Waals surface area contributed by atoms with Gasteiger partial charge in [0.05, 0.1) is 23.7 Å². The van der Waals surface area contributed by atoms with Crippen LogP contribution in [-0.4, -0.2) is 14.9 Å². The van der Waals surface area contributed by atoms with Gasteiger partial charge in [0.1, 0.15) is 0 Å². The summed E-state index contributed by atoms with van der Waals surface area (Å²) in [5.41, 5.74) is 5.00. The second-order valence-electron chi connectivity index (χ2n) is 7.26. The summed E-state index contributed by atoms with van der Waals surface area (Å²) in [6.45, 7) is 7.16. The second kappa shape index (κ2) is 3.98. The largest absolute Gasteiger partial charge is 0.390 e. The molecule has 0 radical (unpaired) electrons. The van der Waals surface area contributed by atoms with E-state index in [-0.39, 0.29) is 17.4 Å². The van der Waals surface area contributed by atoms with Crippen molar-refractivity contribution in [3.05, 3.63) is 47.3 Å². The number of fused-ring (bicyclic) bond motifs is 5. The third kappa shape index (κ3) is 1.40. The lowest BCUT2D eigenvalue weighted by atomic mass is 9.70. The molecular weight excluding hydrogens is 260 g/mol. The highest BCUT2D eigenvalue weighted by Crippen LogP contribution is 2.68. The molecule has 2 aromatic rings. The van der Waals surface area contributed by atoms with Crippen LogP contribution in [0, 0.1) is 5.41 Å². The summed E-state index contributed by atoms with van der Waals surface area (Å²) in [7, 11) is 0. The van der Waals surface area contributed by atoms with Gasteiger partial charge in [-0.3, -0.25) is 0 Å². The topological polar surface area (TPSA) is 38.1 Å². The van der Waals surface area contributed by atoms with Crippen molar-refractivity contribution < 1.29 is 5.11 Å². The maximum absolute atomic E-state index is 9.77. The van der Waals surface area contributed by atoms with Gasteiger partial charge < -0.3 is 5.11 Å². The molecule has 0 saturated heterocycles. The molecule has 1 N–H and O–H groups in total. The number of benzene rings is 1. The van der Waals surface area contributed by atoms with Crippen molar-refractivity contribution >= 4 is 0 Å². The van der Waals surface area contributed by atoms with Crippen LogP contribution in [0.2, 0.25) is 0 Å². The van der Waals surface area contributed by atoms with E-state index in [2.05, 4.69) is 37.6 Å². The summed E-state index contributed by atoms with van der Waals surface area (Å²) in [6.07, 6.45) is 2.42. The van der Waals surface area contributed by atoms with Gasteiger partial charge in [-0.05, 0) is 36.3 Å². The van der Waals surface area contributed by atoms with E-state index in [1.54, 1.807) is 0 Å². The SMILES string of the molecule is CC1(C)[C@@H]2CC[C@]1(C)c1c2c(CO)nn1-c1ccccc1. The fourth-order valence-corrected chi connectivity index (χ4v) is 4.67. The zero-order chi connectivity index (χ0) is 14.8. The Kier molecular flexibility index (Phi) is 2.48. The van der Waals surface area contributed by atoms with E-state index in [1.165, 1.54) is 24.1 Å². The minimum absolute atomic E-state index is 0.0326. The number of nitrogens with zero attached hydrogens (tertiary/aromatic N) is 2. The van der Waals surface area contributed by atoms with Crippen LogP contribution in [0.4, 0.5) is 0 Å². The highest BCUT2D eigenvalue weighted by molar-refractivity contribution is 5.51. The molecule has 2 aliphatic carbocycles. The van der Waals surface area contributed by atoms with Crippen LogP contribution in [0.25, 0.3) is 5.69 Å². The molecule has 0 amide bonds. The number of para-hydroxylation sites is 1. The summed E-state index contributed by atoms with van der Waals surface area (Å²) < 4.78 is 2.09. The fraction of sp³-hybridized carbons (Fsp3) is 0.500. The lowest BCUT2D eigenvalue weighted by Crippen LogP contribution is -2.33. The Morgan fingerprint density at radius 1 is 1.24 bits per heavy atom. The lowest BCUT2D eigenvalue weighted by Gasteiger charge is -2.35. The summed E-state index contributed by atoms with van der Waals surface area (Å²) in [6, 6.07) is 10.3. The van der Waals surface area contributed by atoms with E-state index < -0.39 is 0 Å². The summed E-state index contributed by atoms with van der Waals surface area (Å²) in [5.74, 6) is 0.525. The number of aromatic nitrogens is 2. The molecule has 2 atom stereocenters. The van der Waals surface area contributed by atoms with E-state index in [0.717, 1.165) is 11.4 Å². The summed E-state index contributed by atoms with van der Waals surface area (Å²) >= 11 is 0. The van der Waals surface area contributed by atoms with Gasteiger partial charge in [-0.15, -0.1) is 0 Å². The van der Waals surface area contributed by atoms with Crippen molar-refractivity contribution in [3.8, 4) is 5.69 Å². The van der Waals surface area contributed by atoms with Crippen molar-refractivity contribution in [1.82, 2.24) is 9.78 Å². The maximum Gasteiger partial charge on any atom is 0.0921 e. The average Bonchev–Trinajstić information content (AvgIpc) is 3.03. The van der Waals surface area contributed by atoms with Gasteiger partial charge in [-0.2, -0.15) is 5.10 Å². The van der Waals surface area contributed by atoms with Crippen LogP contribution in [-0.2, 0) is 12.0 Å². The third-order valence-electron chi connectivity index (χ3n) is 6.25. The minimum atomic E-state index is 0.0326. The Hall–Kier alpha value is -1.61. The molecule has 3 nitrogen and oxygen atoms in total. The quantitative estimate of drug-likeness (QED) is 0.915. The van der Waals surface area contributed by atoms with Gasteiger partial charge in [-0.1, -0.05) is 39.0 Å². The van der Waals surface area contributed by atoms with E-state index in [4.69, 9.17) is 5.10 Å². The first kappa shape index (κ1) is 13.1. The molecule has 3 heteroatoms. The molecule has 1 aromatic carbocycles. The molecule has 21 heavy (non-hydrogen) atoms. The van der Waals surface area contributed by atoms with Crippen LogP contribution in [0.5, 0.6) is 0 Å². The van der Waals surface area contributed by atoms with Crippen molar-refractivity contribution in [2.45, 2.75) is 51.6 Å². The van der Waals surface area contributed by atoms with E-state index in [1.807, 2.05) is 18.2 Å². The number of aliphatic hydroxyl groups excluding tert-OH is 1. The highest BCUT2D eigenvalue weighted by atomic mass is 16.3. The first-order chi connectivity index (χ1) is 10.0. The summed E-state index contributed by atoms with van der Waals surface area (Å²) in [5, 5.41) is 14.5. The highest BCUT2D eigenvalue weighted by Gasteiger charge is 2.62. The van der Waals surface area contributed by atoms with Gasteiger partial charge in [0.2, 0.25) is 0 Å². The Labute approximate surface area is 125 Å². The maximum atomic E-state index is 9.77. The van der Waals surface area contributed by atoms with Crippen molar-refractivity contribution in [1.29, 1.82) is 0 Å². The molecule has 1 heterocycles. The van der Waals surface area contributed by atoms with Crippen LogP contribution in [0.1, 0.15) is 56.5 Å². The number of hydrogen-bond acceptors (Lipinski definition) is 2. The molecular formula is C18H22N2O. The molecule has 1 fully saturated rings. The van der Waals surface area contributed by atoms with Crippen LogP contribution >= 0.6 is 0 Å². The van der Waals surface area contributed by atoms with Gasteiger partial charge >= 0.3 is 0 Å². The van der Waals surface area contributed by atoms with Crippen LogP contribution in [0.3, 0.4) is 0 Å². The Morgan fingerprint density at radius 2 is 1.95 bits per heavy atom. The van der Waals surface area contributed by atoms with Crippen molar-refractivity contribution in [2.75, 3.05) is 0 Å². The molecule has 1 aromatic heterocycles. The first-order valence-corrected chi connectivity index (χ1v) is 7.79. The Bertz CT molecular complexity index is 702. The number of aliphatic hydroxyl groups is 1. The molecule has 0 spiro atoms. The standard InChI is InChI=1S/C18H22N2O/c1-17(2)13-9-10-18(17,3)16-15(13)14(11-21)19-20(16)12-7-5-4-6-8-12/h4-8,13,21H,9-11H2,1-3H3/t13-,18-/m1/s1. The molecule has 0 unspecified atom stereocenters. The Morgan fingerprint density at radius 3 is 2.62 bits per heavy atom. The fourth-order valence-electron chi connectivity index (χ4n) is 4.67. The first-order valence-electron chi connectivity index (χ1n) is 7.79. The van der Waals surface area contributed by atoms with Gasteiger partial charge in [0.15, 0.2) is 0 Å². The zero-order valence-electron chi connectivity index (χ0n) is 12.9. The molecule has 2 aliphatic rings. The predicted molar refractivity (Wildman–Crippen MR) is 82.6 cm³/mol. The number of rotatable bonds is 2. The summed E-state index contributed by atoms with van der Waals surface area (Å²) in [4.78, 5) is 0. The molecule has 0 aliphatic heterocycles. The normalized spacial score (nSPS) is 28.9. The van der Waals surface area contributed by atoms with Crippen LogP contribution < -0.4 is 0 Å². The van der Waals surface area contributed by atoms with Gasteiger partial charge in [-0.25, -0.2) is 4.68 Å². The monoisotopic (exact) mass is 282 g/mol.